The fourth-order valence-corrected chi connectivity index (χ4v) is 3.12. The topological polar surface area (TPSA) is 45.9 Å². The molecule has 0 aliphatic heterocycles. The highest BCUT2D eigenvalue weighted by atomic mass is 19.4. The van der Waals surface area contributed by atoms with Crippen molar-refractivity contribution in [2.75, 3.05) is 0 Å². The molecule has 6 heteroatoms. The summed E-state index contributed by atoms with van der Waals surface area (Å²) in [5.74, 6) is 0.199. The van der Waals surface area contributed by atoms with Crippen LogP contribution in [0.3, 0.4) is 0 Å². The quantitative estimate of drug-likeness (QED) is 0.489. The minimum absolute atomic E-state index is 0.193. The van der Waals surface area contributed by atoms with Crippen molar-refractivity contribution in [3.05, 3.63) is 77.1 Å². The molecule has 0 radical (unpaired) electrons. The number of hydrogen-bond acceptors (Lipinski definition) is 3. The maximum Gasteiger partial charge on any atom is 0.418 e. The number of hydrogen-bond donors (Lipinski definition) is 0. The van der Waals surface area contributed by atoms with Gasteiger partial charge in [0.1, 0.15) is 11.8 Å². The normalized spacial score (nSPS) is 12.2. The van der Waals surface area contributed by atoms with Crippen molar-refractivity contribution in [1.29, 1.82) is 5.26 Å². The SMILES string of the molecule is N#Cc1ncc(C(F)(F)F)cc1Oc1cccc2c1-c1ccccc1C2. The van der Waals surface area contributed by atoms with Crippen LogP contribution in [0.1, 0.15) is 22.4 Å². The second-order valence-corrected chi connectivity index (χ2v) is 5.91. The van der Waals surface area contributed by atoms with Crippen LogP contribution in [0.4, 0.5) is 13.2 Å². The highest BCUT2D eigenvalue weighted by Gasteiger charge is 2.32. The van der Waals surface area contributed by atoms with Crippen molar-refractivity contribution in [3.63, 3.8) is 0 Å². The molecule has 3 aromatic rings. The largest absolute Gasteiger partial charge is 0.454 e. The van der Waals surface area contributed by atoms with Crippen molar-refractivity contribution >= 4 is 0 Å². The zero-order valence-corrected chi connectivity index (χ0v) is 13.3. The molecule has 0 N–H and O–H groups in total. The van der Waals surface area contributed by atoms with E-state index in [0.29, 0.717) is 11.9 Å². The molecular formula is C20H11F3N2O. The third-order valence-corrected chi connectivity index (χ3v) is 4.29. The molecule has 0 spiro atoms. The first-order chi connectivity index (χ1) is 12.5. The van der Waals surface area contributed by atoms with Crippen molar-refractivity contribution < 1.29 is 17.9 Å². The third-order valence-electron chi connectivity index (χ3n) is 4.29. The number of nitrogens with zero attached hydrogens (tertiary/aromatic N) is 2. The molecule has 0 unspecified atom stereocenters. The lowest BCUT2D eigenvalue weighted by Gasteiger charge is -2.14. The highest BCUT2D eigenvalue weighted by Crippen LogP contribution is 2.44. The number of aromatic nitrogens is 1. The molecule has 0 saturated heterocycles. The molecular weight excluding hydrogens is 341 g/mol. The van der Waals surface area contributed by atoms with Crippen LogP contribution in [0.2, 0.25) is 0 Å². The molecule has 0 amide bonds. The van der Waals surface area contributed by atoms with Crippen LogP contribution in [-0.2, 0) is 12.6 Å². The van der Waals surface area contributed by atoms with Gasteiger partial charge in [-0.25, -0.2) is 4.98 Å². The van der Waals surface area contributed by atoms with Gasteiger partial charge in [0.15, 0.2) is 11.4 Å². The zero-order chi connectivity index (χ0) is 18.3. The summed E-state index contributed by atoms with van der Waals surface area (Å²) >= 11 is 0. The number of ether oxygens (including phenoxy) is 1. The molecule has 26 heavy (non-hydrogen) atoms. The predicted octanol–water partition coefficient (Wildman–Crippen LogP) is 5.34. The fraction of sp³-hybridized carbons (Fsp3) is 0.100. The first-order valence-corrected chi connectivity index (χ1v) is 7.83. The summed E-state index contributed by atoms with van der Waals surface area (Å²) in [4.78, 5) is 3.59. The van der Waals surface area contributed by atoms with Crippen molar-refractivity contribution in [2.24, 2.45) is 0 Å². The van der Waals surface area contributed by atoms with Crippen molar-refractivity contribution in [3.8, 4) is 28.7 Å². The molecule has 1 aromatic heterocycles. The number of pyridine rings is 1. The Labute approximate surface area is 147 Å². The summed E-state index contributed by atoms with van der Waals surface area (Å²) in [6.07, 6.45) is -3.20. The average molecular weight is 352 g/mol. The standard InChI is InChI=1S/C20H11F3N2O/c21-20(22,23)14-9-18(16(10-24)25-11-14)26-17-7-3-5-13-8-12-4-1-2-6-15(12)19(13)17/h1-7,9,11H,8H2. The highest BCUT2D eigenvalue weighted by molar-refractivity contribution is 5.82. The van der Waals surface area contributed by atoms with Crippen LogP contribution in [0.5, 0.6) is 11.5 Å². The van der Waals surface area contributed by atoms with Crippen LogP contribution >= 0.6 is 0 Å². The lowest BCUT2D eigenvalue weighted by molar-refractivity contribution is -0.137. The minimum Gasteiger partial charge on any atom is -0.454 e. The Morgan fingerprint density at radius 2 is 1.77 bits per heavy atom. The van der Waals surface area contributed by atoms with Gasteiger partial charge in [-0.2, -0.15) is 18.4 Å². The third kappa shape index (κ3) is 2.68. The summed E-state index contributed by atoms with van der Waals surface area (Å²) in [5, 5.41) is 9.17. The summed E-state index contributed by atoms with van der Waals surface area (Å²) in [6.45, 7) is 0. The van der Waals surface area contributed by atoms with E-state index in [-0.39, 0.29) is 11.4 Å². The maximum absolute atomic E-state index is 13.0. The Morgan fingerprint density at radius 1 is 1.00 bits per heavy atom. The molecule has 0 saturated carbocycles. The number of nitriles is 1. The molecule has 1 heterocycles. The Kier molecular flexibility index (Phi) is 3.66. The number of fused-ring (bicyclic) bond motifs is 3. The second kappa shape index (κ2) is 5.88. The number of alkyl halides is 3. The Morgan fingerprint density at radius 3 is 2.54 bits per heavy atom. The van der Waals surface area contributed by atoms with Crippen LogP contribution in [0.15, 0.2) is 54.7 Å². The molecule has 3 nitrogen and oxygen atoms in total. The van der Waals surface area contributed by atoms with E-state index in [9.17, 15) is 13.2 Å². The maximum atomic E-state index is 13.0. The number of benzene rings is 2. The first kappa shape index (κ1) is 16.2. The van der Waals surface area contributed by atoms with E-state index in [1.807, 2.05) is 30.3 Å². The lowest BCUT2D eigenvalue weighted by atomic mass is 10.0. The van der Waals surface area contributed by atoms with E-state index in [1.54, 1.807) is 18.2 Å². The van der Waals surface area contributed by atoms with Crippen molar-refractivity contribution in [2.45, 2.75) is 12.6 Å². The van der Waals surface area contributed by atoms with Crippen LogP contribution < -0.4 is 4.74 Å². The van der Waals surface area contributed by atoms with Gasteiger partial charge in [0.25, 0.3) is 0 Å². The summed E-state index contributed by atoms with van der Waals surface area (Å²) in [6, 6.07) is 15.8. The Bertz CT molecular complexity index is 1050. The molecule has 0 fully saturated rings. The molecule has 4 rings (SSSR count). The van der Waals surface area contributed by atoms with Crippen LogP contribution in [-0.4, -0.2) is 4.98 Å². The minimum atomic E-state index is -4.57. The monoisotopic (exact) mass is 352 g/mol. The van der Waals surface area contributed by atoms with E-state index in [2.05, 4.69) is 4.98 Å². The van der Waals surface area contributed by atoms with Gasteiger partial charge in [0.2, 0.25) is 0 Å². The van der Waals surface area contributed by atoms with Gasteiger partial charge in [-0.1, -0.05) is 36.4 Å². The lowest BCUT2D eigenvalue weighted by Crippen LogP contribution is -2.07. The van der Waals surface area contributed by atoms with E-state index in [1.165, 1.54) is 0 Å². The zero-order valence-electron chi connectivity index (χ0n) is 13.3. The van der Waals surface area contributed by atoms with Gasteiger partial charge >= 0.3 is 6.18 Å². The molecule has 1 aliphatic carbocycles. The van der Waals surface area contributed by atoms with E-state index >= 15 is 0 Å². The Balaban J connectivity index is 1.82. The Hall–Kier alpha value is -3.33. The van der Waals surface area contributed by atoms with Gasteiger partial charge in [-0.3, -0.25) is 0 Å². The number of rotatable bonds is 2. The average Bonchev–Trinajstić information content (AvgIpc) is 3.00. The van der Waals surface area contributed by atoms with E-state index in [4.69, 9.17) is 10.00 Å². The van der Waals surface area contributed by atoms with Gasteiger partial charge < -0.3 is 4.74 Å². The predicted molar refractivity (Wildman–Crippen MR) is 88.7 cm³/mol. The van der Waals surface area contributed by atoms with Crippen molar-refractivity contribution in [1.82, 2.24) is 4.98 Å². The fourth-order valence-electron chi connectivity index (χ4n) is 3.12. The molecule has 2 aromatic carbocycles. The smallest absolute Gasteiger partial charge is 0.418 e. The summed E-state index contributed by atoms with van der Waals surface area (Å²) < 4.78 is 44.7. The van der Waals surface area contributed by atoms with Gasteiger partial charge in [0, 0.05) is 11.8 Å². The first-order valence-electron chi connectivity index (χ1n) is 7.83. The second-order valence-electron chi connectivity index (χ2n) is 5.91. The number of halogens is 3. The van der Waals surface area contributed by atoms with Crippen LogP contribution in [0, 0.1) is 11.3 Å². The molecule has 0 bridgehead atoms. The van der Waals surface area contributed by atoms with Gasteiger partial charge in [-0.05, 0) is 35.2 Å². The van der Waals surface area contributed by atoms with Gasteiger partial charge in [0.05, 0.1) is 5.56 Å². The molecule has 0 atom stereocenters. The van der Waals surface area contributed by atoms with E-state index in [0.717, 1.165) is 34.7 Å². The molecule has 128 valence electrons. The van der Waals surface area contributed by atoms with E-state index < -0.39 is 11.7 Å². The summed E-state index contributed by atoms with van der Waals surface area (Å²) in [5.41, 5.74) is 2.82. The summed E-state index contributed by atoms with van der Waals surface area (Å²) in [7, 11) is 0. The van der Waals surface area contributed by atoms with Crippen LogP contribution in [0.25, 0.3) is 11.1 Å². The molecule has 1 aliphatic rings. The van der Waals surface area contributed by atoms with Gasteiger partial charge in [-0.15, -0.1) is 0 Å².